The Labute approximate surface area is 122 Å². The zero-order chi connectivity index (χ0) is 15.6. The molecule has 0 bridgehead atoms. The Balaban J connectivity index is 2.41. The van der Waals surface area contributed by atoms with Crippen molar-refractivity contribution < 1.29 is 13.3 Å². The third kappa shape index (κ3) is 3.19. The molecule has 0 spiro atoms. The van der Waals surface area contributed by atoms with Crippen LogP contribution in [0.4, 0.5) is 11.4 Å². The van der Waals surface area contributed by atoms with Crippen LogP contribution in [0.15, 0.2) is 47.4 Å². The molecule has 0 saturated heterocycles. The van der Waals surface area contributed by atoms with Gasteiger partial charge < -0.3 is 0 Å². The van der Waals surface area contributed by atoms with Crippen molar-refractivity contribution in [2.24, 2.45) is 0 Å². The van der Waals surface area contributed by atoms with E-state index in [4.69, 9.17) is 0 Å². The van der Waals surface area contributed by atoms with Gasteiger partial charge in [-0.2, -0.15) is 0 Å². The fourth-order valence-electron chi connectivity index (χ4n) is 1.91. The fraction of sp³-hybridized carbons (Fsp3) is 0.143. The number of hydrogen-bond acceptors (Lipinski definition) is 4. The minimum Gasteiger partial charge on any atom is -0.279 e. The summed E-state index contributed by atoms with van der Waals surface area (Å²) in [5.41, 5.74) is 1.19. The van der Waals surface area contributed by atoms with Gasteiger partial charge in [0.2, 0.25) is 0 Å². The van der Waals surface area contributed by atoms with Crippen LogP contribution in [0.1, 0.15) is 11.1 Å². The van der Waals surface area contributed by atoms with E-state index in [1.165, 1.54) is 24.3 Å². The van der Waals surface area contributed by atoms with Gasteiger partial charge in [0.15, 0.2) is 0 Å². The maximum absolute atomic E-state index is 12.2. The Morgan fingerprint density at radius 1 is 1.05 bits per heavy atom. The summed E-state index contributed by atoms with van der Waals surface area (Å²) in [5.74, 6) is 0. The average Bonchev–Trinajstić information content (AvgIpc) is 2.43. The van der Waals surface area contributed by atoms with Crippen molar-refractivity contribution in [3.63, 3.8) is 0 Å². The van der Waals surface area contributed by atoms with Crippen LogP contribution in [0, 0.1) is 24.0 Å². The van der Waals surface area contributed by atoms with E-state index in [-0.39, 0.29) is 10.6 Å². The average molecular weight is 306 g/mol. The van der Waals surface area contributed by atoms with Crippen LogP contribution in [0.25, 0.3) is 0 Å². The molecule has 0 aliphatic rings. The molecule has 0 unspecified atom stereocenters. The summed E-state index contributed by atoms with van der Waals surface area (Å²) in [7, 11) is -3.71. The van der Waals surface area contributed by atoms with Crippen molar-refractivity contribution in [1.82, 2.24) is 0 Å². The number of aryl methyl sites for hydroxylation is 2. The number of nitro groups is 1. The van der Waals surface area contributed by atoms with Crippen molar-refractivity contribution in [1.29, 1.82) is 0 Å². The second-order valence-electron chi connectivity index (χ2n) is 4.63. The fourth-order valence-corrected chi connectivity index (χ4v) is 3.05. The molecule has 0 atom stereocenters. The number of anilines is 1. The van der Waals surface area contributed by atoms with Crippen molar-refractivity contribution in [2.75, 3.05) is 4.72 Å². The summed E-state index contributed by atoms with van der Waals surface area (Å²) in [6.45, 7) is 3.19. The van der Waals surface area contributed by atoms with E-state index >= 15 is 0 Å². The highest BCUT2D eigenvalue weighted by atomic mass is 32.2. The van der Waals surface area contributed by atoms with Gasteiger partial charge in [-0.3, -0.25) is 14.8 Å². The van der Waals surface area contributed by atoms with E-state index in [0.29, 0.717) is 16.8 Å². The molecule has 110 valence electrons. The Hall–Kier alpha value is -2.41. The van der Waals surface area contributed by atoms with Crippen molar-refractivity contribution in [3.8, 4) is 0 Å². The lowest BCUT2D eigenvalue weighted by Crippen LogP contribution is -2.14. The van der Waals surface area contributed by atoms with Crippen LogP contribution in [0.3, 0.4) is 0 Å². The molecule has 2 aromatic carbocycles. The Kier molecular flexibility index (Phi) is 3.95. The summed E-state index contributed by atoms with van der Waals surface area (Å²) >= 11 is 0. The number of nitro benzene ring substituents is 1. The second kappa shape index (κ2) is 5.53. The van der Waals surface area contributed by atoms with E-state index in [1.54, 1.807) is 32.0 Å². The molecule has 0 amide bonds. The predicted octanol–water partition coefficient (Wildman–Crippen LogP) is 3.01. The van der Waals surface area contributed by atoms with Gasteiger partial charge >= 0.3 is 0 Å². The highest BCUT2D eigenvalue weighted by Gasteiger charge is 2.18. The van der Waals surface area contributed by atoms with Gasteiger partial charge in [-0.25, -0.2) is 8.42 Å². The predicted molar refractivity (Wildman–Crippen MR) is 79.8 cm³/mol. The summed E-state index contributed by atoms with van der Waals surface area (Å²) in [4.78, 5) is 10.5. The van der Waals surface area contributed by atoms with Gasteiger partial charge in [0.1, 0.15) is 0 Å². The van der Waals surface area contributed by atoms with E-state index in [0.717, 1.165) is 0 Å². The summed E-state index contributed by atoms with van der Waals surface area (Å²) in [6.07, 6.45) is 0. The monoisotopic (exact) mass is 306 g/mol. The third-order valence-corrected chi connectivity index (χ3v) is 4.42. The van der Waals surface area contributed by atoms with Gasteiger partial charge in [0, 0.05) is 11.6 Å². The number of rotatable bonds is 4. The zero-order valence-electron chi connectivity index (χ0n) is 11.5. The SMILES string of the molecule is Cc1cc([N+](=O)[O-])c(C)cc1NS(=O)(=O)c1ccccc1. The molecule has 21 heavy (non-hydrogen) atoms. The highest BCUT2D eigenvalue weighted by molar-refractivity contribution is 7.92. The van der Waals surface area contributed by atoms with E-state index < -0.39 is 14.9 Å². The summed E-state index contributed by atoms with van der Waals surface area (Å²) < 4.78 is 26.9. The molecule has 0 heterocycles. The van der Waals surface area contributed by atoms with Crippen LogP contribution < -0.4 is 4.72 Å². The molecule has 7 heteroatoms. The lowest BCUT2D eigenvalue weighted by molar-refractivity contribution is -0.385. The molecule has 0 saturated carbocycles. The lowest BCUT2D eigenvalue weighted by atomic mass is 10.1. The molecule has 0 aliphatic carbocycles. The van der Waals surface area contributed by atoms with Crippen LogP contribution in [-0.4, -0.2) is 13.3 Å². The van der Waals surface area contributed by atoms with E-state index in [9.17, 15) is 18.5 Å². The van der Waals surface area contributed by atoms with Crippen molar-refractivity contribution >= 4 is 21.4 Å². The molecule has 6 nitrogen and oxygen atoms in total. The van der Waals surface area contributed by atoms with Crippen LogP contribution in [0.5, 0.6) is 0 Å². The normalized spacial score (nSPS) is 11.1. The first-order chi connectivity index (χ1) is 9.81. The summed E-state index contributed by atoms with van der Waals surface area (Å²) in [6, 6.07) is 10.8. The number of hydrogen-bond donors (Lipinski definition) is 1. The van der Waals surface area contributed by atoms with Crippen LogP contribution >= 0.6 is 0 Å². The summed E-state index contributed by atoms with van der Waals surface area (Å²) in [5, 5.41) is 10.9. The van der Waals surface area contributed by atoms with E-state index in [2.05, 4.69) is 4.72 Å². The van der Waals surface area contributed by atoms with Gasteiger partial charge in [0.25, 0.3) is 15.7 Å². The van der Waals surface area contributed by atoms with Gasteiger partial charge in [-0.1, -0.05) is 18.2 Å². The largest absolute Gasteiger partial charge is 0.279 e. The lowest BCUT2D eigenvalue weighted by Gasteiger charge is -2.11. The number of benzene rings is 2. The Morgan fingerprint density at radius 3 is 2.24 bits per heavy atom. The molecular formula is C14H14N2O4S. The molecule has 2 aromatic rings. The molecule has 0 radical (unpaired) electrons. The first-order valence-corrected chi connectivity index (χ1v) is 7.63. The maximum Gasteiger partial charge on any atom is 0.272 e. The zero-order valence-corrected chi connectivity index (χ0v) is 12.3. The Bertz CT molecular complexity index is 786. The highest BCUT2D eigenvalue weighted by Crippen LogP contribution is 2.27. The molecule has 1 N–H and O–H groups in total. The molecular weight excluding hydrogens is 292 g/mol. The van der Waals surface area contributed by atoms with Gasteiger partial charge in [-0.15, -0.1) is 0 Å². The first kappa shape index (κ1) is 15.0. The van der Waals surface area contributed by atoms with Crippen LogP contribution in [0.2, 0.25) is 0 Å². The molecule has 0 fully saturated rings. The molecule has 2 rings (SSSR count). The third-order valence-electron chi connectivity index (χ3n) is 3.04. The second-order valence-corrected chi connectivity index (χ2v) is 6.31. The number of nitrogens with one attached hydrogen (secondary N) is 1. The Morgan fingerprint density at radius 2 is 1.67 bits per heavy atom. The topological polar surface area (TPSA) is 89.3 Å². The molecule has 0 aliphatic heterocycles. The first-order valence-electron chi connectivity index (χ1n) is 6.15. The number of sulfonamides is 1. The smallest absolute Gasteiger partial charge is 0.272 e. The standard InChI is InChI=1S/C14H14N2O4S/c1-10-9-14(16(17)18)11(2)8-13(10)15-21(19,20)12-6-4-3-5-7-12/h3-9,15H,1-2H3. The minimum absolute atomic E-state index is 0.0323. The molecule has 0 aromatic heterocycles. The minimum atomic E-state index is -3.71. The number of nitrogens with zero attached hydrogens (tertiary/aromatic N) is 1. The van der Waals surface area contributed by atoms with Crippen LogP contribution in [-0.2, 0) is 10.0 Å². The van der Waals surface area contributed by atoms with Gasteiger partial charge in [0.05, 0.1) is 15.5 Å². The van der Waals surface area contributed by atoms with Gasteiger partial charge in [-0.05, 0) is 37.6 Å². The van der Waals surface area contributed by atoms with Crippen molar-refractivity contribution in [3.05, 3.63) is 63.7 Å². The van der Waals surface area contributed by atoms with Crippen molar-refractivity contribution in [2.45, 2.75) is 18.7 Å². The quantitative estimate of drug-likeness (QED) is 0.694. The van der Waals surface area contributed by atoms with E-state index in [1.807, 2.05) is 0 Å². The maximum atomic E-state index is 12.2.